The molecule has 0 aliphatic heterocycles. The first-order chi connectivity index (χ1) is 9.94. The fourth-order valence-electron chi connectivity index (χ4n) is 2.03. The molecular weight excluding hydrogens is 280 g/mol. The SMILES string of the molecule is COc1ccc(C(C)(C)C)cc1NCc1ccc(C#N)s1. The van der Waals surface area contributed by atoms with Crippen molar-refractivity contribution in [1.82, 2.24) is 0 Å². The van der Waals surface area contributed by atoms with Crippen LogP contribution < -0.4 is 10.1 Å². The van der Waals surface area contributed by atoms with Crippen LogP contribution in [0.1, 0.15) is 36.1 Å². The molecule has 0 saturated carbocycles. The molecule has 2 rings (SSSR count). The van der Waals surface area contributed by atoms with Gasteiger partial charge in [-0.25, -0.2) is 0 Å². The topological polar surface area (TPSA) is 45.0 Å². The molecule has 0 radical (unpaired) electrons. The largest absolute Gasteiger partial charge is 0.495 e. The molecule has 1 aromatic carbocycles. The Hall–Kier alpha value is -1.99. The Balaban J connectivity index is 2.19. The highest BCUT2D eigenvalue weighted by molar-refractivity contribution is 7.12. The summed E-state index contributed by atoms with van der Waals surface area (Å²) in [7, 11) is 1.68. The van der Waals surface area contributed by atoms with Gasteiger partial charge in [-0.15, -0.1) is 11.3 Å². The van der Waals surface area contributed by atoms with Crippen molar-refractivity contribution in [1.29, 1.82) is 5.26 Å². The van der Waals surface area contributed by atoms with Gasteiger partial charge < -0.3 is 10.1 Å². The molecule has 110 valence electrons. The van der Waals surface area contributed by atoms with Crippen LogP contribution in [0.4, 0.5) is 5.69 Å². The van der Waals surface area contributed by atoms with E-state index in [1.54, 1.807) is 7.11 Å². The third-order valence-corrected chi connectivity index (χ3v) is 4.28. The Morgan fingerprint density at radius 1 is 1.24 bits per heavy atom. The molecule has 0 spiro atoms. The van der Waals surface area contributed by atoms with E-state index < -0.39 is 0 Å². The zero-order chi connectivity index (χ0) is 15.5. The summed E-state index contributed by atoms with van der Waals surface area (Å²) < 4.78 is 5.42. The predicted molar refractivity (Wildman–Crippen MR) is 88.1 cm³/mol. The van der Waals surface area contributed by atoms with Crippen molar-refractivity contribution in [3.8, 4) is 11.8 Å². The quantitative estimate of drug-likeness (QED) is 0.901. The van der Waals surface area contributed by atoms with E-state index in [-0.39, 0.29) is 5.41 Å². The van der Waals surface area contributed by atoms with Crippen molar-refractivity contribution in [2.45, 2.75) is 32.7 Å². The Morgan fingerprint density at radius 3 is 2.57 bits per heavy atom. The van der Waals surface area contributed by atoms with E-state index >= 15 is 0 Å². The average Bonchev–Trinajstić information content (AvgIpc) is 2.91. The molecule has 4 heteroatoms. The number of anilines is 1. The van der Waals surface area contributed by atoms with Crippen LogP contribution in [0.2, 0.25) is 0 Å². The minimum atomic E-state index is 0.0968. The zero-order valence-corrected chi connectivity index (χ0v) is 13.7. The minimum Gasteiger partial charge on any atom is -0.495 e. The van der Waals surface area contributed by atoms with Gasteiger partial charge in [0.2, 0.25) is 0 Å². The maximum absolute atomic E-state index is 8.86. The fourth-order valence-corrected chi connectivity index (χ4v) is 2.77. The Bertz CT molecular complexity index is 662. The van der Waals surface area contributed by atoms with Crippen LogP contribution in [-0.2, 0) is 12.0 Å². The van der Waals surface area contributed by atoms with Crippen LogP contribution in [0.25, 0.3) is 0 Å². The van der Waals surface area contributed by atoms with Crippen molar-refractivity contribution >= 4 is 17.0 Å². The van der Waals surface area contributed by atoms with E-state index in [4.69, 9.17) is 10.00 Å². The van der Waals surface area contributed by atoms with Gasteiger partial charge >= 0.3 is 0 Å². The van der Waals surface area contributed by atoms with Gasteiger partial charge in [0.15, 0.2) is 0 Å². The summed E-state index contributed by atoms with van der Waals surface area (Å²) >= 11 is 1.51. The summed E-state index contributed by atoms with van der Waals surface area (Å²) in [6.07, 6.45) is 0. The highest BCUT2D eigenvalue weighted by Crippen LogP contribution is 2.32. The molecule has 0 aliphatic rings. The number of ether oxygens (including phenoxy) is 1. The first-order valence-electron chi connectivity index (χ1n) is 6.85. The van der Waals surface area contributed by atoms with Gasteiger partial charge in [0.25, 0.3) is 0 Å². The molecule has 0 saturated heterocycles. The summed E-state index contributed by atoms with van der Waals surface area (Å²) in [6, 6.07) is 12.2. The number of benzene rings is 1. The summed E-state index contributed by atoms with van der Waals surface area (Å²) in [4.78, 5) is 1.87. The number of methoxy groups -OCH3 is 1. The van der Waals surface area contributed by atoms with E-state index in [0.29, 0.717) is 6.54 Å². The molecule has 0 amide bonds. The highest BCUT2D eigenvalue weighted by Gasteiger charge is 2.15. The lowest BCUT2D eigenvalue weighted by Crippen LogP contribution is -2.12. The Labute approximate surface area is 130 Å². The average molecular weight is 300 g/mol. The van der Waals surface area contributed by atoms with E-state index in [1.165, 1.54) is 16.9 Å². The van der Waals surface area contributed by atoms with Gasteiger partial charge in [-0.1, -0.05) is 26.8 Å². The summed E-state index contributed by atoms with van der Waals surface area (Å²) in [5, 5.41) is 12.3. The van der Waals surface area contributed by atoms with Gasteiger partial charge in [0.05, 0.1) is 12.8 Å². The number of nitrogens with zero attached hydrogens (tertiary/aromatic N) is 1. The van der Waals surface area contributed by atoms with Crippen LogP contribution >= 0.6 is 11.3 Å². The van der Waals surface area contributed by atoms with Gasteiger partial charge in [-0.2, -0.15) is 5.26 Å². The molecule has 0 aliphatic carbocycles. The van der Waals surface area contributed by atoms with Gasteiger partial charge in [-0.3, -0.25) is 0 Å². The van der Waals surface area contributed by atoms with E-state index in [2.05, 4.69) is 44.3 Å². The molecule has 21 heavy (non-hydrogen) atoms. The second kappa shape index (κ2) is 6.19. The second-order valence-electron chi connectivity index (χ2n) is 5.90. The number of nitriles is 1. The maximum Gasteiger partial charge on any atom is 0.141 e. The standard InChI is InChI=1S/C17H20N2OS/c1-17(2,3)12-5-8-16(20-4)15(9-12)19-11-14-7-6-13(10-18)21-14/h5-9,19H,11H2,1-4H3. The van der Waals surface area contributed by atoms with Crippen LogP contribution in [0.5, 0.6) is 5.75 Å². The summed E-state index contributed by atoms with van der Waals surface area (Å²) in [6.45, 7) is 7.27. The lowest BCUT2D eigenvalue weighted by Gasteiger charge is -2.21. The fraction of sp³-hybridized carbons (Fsp3) is 0.353. The number of nitrogens with one attached hydrogen (secondary N) is 1. The molecule has 3 nitrogen and oxygen atoms in total. The molecule has 0 bridgehead atoms. The zero-order valence-electron chi connectivity index (χ0n) is 12.9. The van der Waals surface area contributed by atoms with E-state index in [9.17, 15) is 0 Å². The highest BCUT2D eigenvalue weighted by atomic mass is 32.1. The predicted octanol–water partition coefficient (Wildman–Crippen LogP) is 4.54. The summed E-state index contributed by atoms with van der Waals surface area (Å²) in [5.74, 6) is 0.833. The monoisotopic (exact) mass is 300 g/mol. The number of hydrogen-bond donors (Lipinski definition) is 1. The van der Waals surface area contributed by atoms with E-state index in [0.717, 1.165) is 21.2 Å². The van der Waals surface area contributed by atoms with Gasteiger partial charge in [0, 0.05) is 11.4 Å². The molecule has 1 aromatic heterocycles. The second-order valence-corrected chi connectivity index (χ2v) is 7.06. The Kier molecular flexibility index (Phi) is 4.54. The van der Waals surface area contributed by atoms with Crippen LogP contribution in [0.3, 0.4) is 0 Å². The van der Waals surface area contributed by atoms with Crippen molar-refractivity contribution in [2.75, 3.05) is 12.4 Å². The Morgan fingerprint density at radius 2 is 2.00 bits per heavy atom. The van der Waals surface area contributed by atoms with Gasteiger partial charge in [-0.05, 0) is 35.2 Å². The van der Waals surface area contributed by atoms with Crippen LogP contribution in [0.15, 0.2) is 30.3 Å². The molecule has 1 N–H and O–H groups in total. The molecule has 2 aromatic rings. The lowest BCUT2D eigenvalue weighted by molar-refractivity contribution is 0.416. The van der Waals surface area contributed by atoms with Crippen molar-refractivity contribution in [2.24, 2.45) is 0 Å². The normalized spacial score (nSPS) is 11.0. The number of hydrogen-bond acceptors (Lipinski definition) is 4. The molecule has 0 atom stereocenters. The summed E-state index contributed by atoms with van der Waals surface area (Å²) in [5.41, 5.74) is 2.34. The minimum absolute atomic E-state index is 0.0968. The van der Waals surface area contributed by atoms with Crippen molar-refractivity contribution in [3.05, 3.63) is 45.6 Å². The van der Waals surface area contributed by atoms with Crippen molar-refractivity contribution in [3.63, 3.8) is 0 Å². The number of rotatable bonds is 4. The molecule has 0 unspecified atom stereocenters. The lowest BCUT2D eigenvalue weighted by atomic mass is 9.87. The number of thiophene rings is 1. The van der Waals surface area contributed by atoms with Crippen LogP contribution in [0, 0.1) is 11.3 Å². The molecule has 1 heterocycles. The molecule has 0 fully saturated rings. The third kappa shape index (κ3) is 3.77. The third-order valence-electron chi connectivity index (χ3n) is 3.29. The smallest absolute Gasteiger partial charge is 0.141 e. The van der Waals surface area contributed by atoms with Gasteiger partial charge in [0.1, 0.15) is 16.7 Å². The first-order valence-corrected chi connectivity index (χ1v) is 7.67. The first kappa shape index (κ1) is 15.4. The maximum atomic E-state index is 8.86. The molecular formula is C17H20N2OS. The van der Waals surface area contributed by atoms with Crippen LogP contribution in [-0.4, -0.2) is 7.11 Å². The van der Waals surface area contributed by atoms with E-state index in [1.807, 2.05) is 18.2 Å². The van der Waals surface area contributed by atoms with Crippen molar-refractivity contribution < 1.29 is 4.74 Å².